The molecular formula is C26H28F2N2O7. The number of hydrogen-bond donors (Lipinski definition) is 1. The Kier molecular flexibility index (Phi) is 9.70. The van der Waals surface area contributed by atoms with E-state index >= 15 is 0 Å². The number of esters is 1. The van der Waals surface area contributed by atoms with E-state index in [1.807, 2.05) is 6.07 Å². The van der Waals surface area contributed by atoms with E-state index in [0.717, 1.165) is 19.4 Å². The molecule has 0 bridgehead atoms. The number of alkyl halides is 1. The summed E-state index contributed by atoms with van der Waals surface area (Å²) >= 11 is 0. The summed E-state index contributed by atoms with van der Waals surface area (Å²) < 4.78 is 49.8. The molecular weight excluding hydrogens is 490 g/mol. The van der Waals surface area contributed by atoms with Crippen molar-refractivity contribution in [1.29, 1.82) is 0 Å². The second kappa shape index (κ2) is 12.9. The zero-order valence-corrected chi connectivity index (χ0v) is 20.7. The molecule has 0 saturated carbocycles. The molecule has 2 aromatic rings. The number of carbonyl (C=O) groups excluding carboxylic acids is 2. The summed E-state index contributed by atoms with van der Waals surface area (Å²) in [5, 5.41) is 2.48. The van der Waals surface area contributed by atoms with E-state index in [-0.39, 0.29) is 36.5 Å². The molecule has 0 saturated heterocycles. The van der Waals surface area contributed by atoms with Crippen molar-refractivity contribution in [2.24, 2.45) is 0 Å². The highest BCUT2D eigenvalue weighted by molar-refractivity contribution is 5.97. The average Bonchev–Trinajstić information content (AvgIpc) is 2.90. The first-order valence-corrected chi connectivity index (χ1v) is 11.3. The molecule has 0 spiro atoms. The largest absolute Gasteiger partial charge is 0.482 e. The molecule has 1 aromatic carbocycles. The fourth-order valence-electron chi connectivity index (χ4n) is 3.64. The van der Waals surface area contributed by atoms with Gasteiger partial charge in [-0.15, -0.1) is 0 Å². The van der Waals surface area contributed by atoms with Gasteiger partial charge in [-0.2, -0.15) is 0 Å². The van der Waals surface area contributed by atoms with Crippen molar-refractivity contribution in [2.75, 3.05) is 27.9 Å². The van der Waals surface area contributed by atoms with Crippen molar-refractivity contribution in [2.45, 2.75) is 32.0 Å². The maximum Gasteiger partial charge on any atom is 0.358 e. The molecule has 9 nitrogen and oxygen atoms in total. The molecule has 1 aromatic heterocycles. The number of nitrogens with one attached hydrogen (secondary N) is 1. The number of methoxy groups -OCH3 is 3. The van der Waals surface area contributed by atoms with E-state index in [1.54, 1.807) is 24.3 Å². The topological polar surface area (TPSA) is 105 Å². The lowest BCUT2D eigenvalue weighted by Crippen LogP contribution is -2.35. The molecule has 1 aliphatic rings. The molecule has 0 aliphatic heterocycles. The van der Waals surface area contributed by atoms with Gasteiger partial charge in [-0.25, -0.2) is 13.6 Å². The van der Waals surface area contributed by atoms with Gasteiger partial charge in [0.05, 0.1) is 13.7 Å². The summed E-state index contributed by atoms with van der Waals surface area (Å²) in [5.41, 5.74) is -0.601. The number of aromatic nitrogens is 1. The van der Waals surface area contributed by atoms with Crippen molar-refractivity contribution < 1.29 is 37.3 Å². The molecule has 1 heterocycles. The first-order valence-electron chi connectivity index (χ1n) is 11.3. The van der Waals surface area contributed by atoms with Crippen molar-refractivity contribution >= 4 is 11.9 Å². The van der Waals surface area contributed by atoms with Crippen LogP contribution in [0, 0.1) is 0 Å². The van der Waals surface area contributed by atoms with Gasteiger partial charge in [0.2, 0.25) is 5.43 Å². The lowest BCUT2D eigenvalue weighted by Gasteiger charge is -2.21. The number of rotatable bonds is 11. The predicted molar refractivity (Wildman–Crippen MR) is 130 cm³/mol. The minimum absolute atomic E-state index is 0.0720. The Morgan fingerprint density at radius 3 is 2.46 bits per heavy atom. The Morgan fingerprint density at radius 1 is 1.14 bits per heavy atom. The number of carbonyl (C=O) groups is 2. The van der Waals surface area contributed by atoms with Crippen LogP contribution in [0.15, 0.2) is 64.9 Å². The van der Waals surface area contributed by atoms with Crippen LogP contribution in [0.3, 0.4) is 0 Å². The van der Waals surface area contributed by atoms with Gasteiger partial charge < -0.3 is 28.8 Å². The molecule has 1 unspecified atom stereocenters. The van der Waals surface area contributed by atoms with Crippen LogP contribution in [0.25, 0.3) is 0 Å². The number of hydrogen-bond acceptors (Lipinski definition) is 7. The number of pyridine rings is 1. The molecule has 198 valence electrons. The molecule has 37 heavy (non-hydrogen) atoms. The quantitative estimate of drug-likeness (QED) is 0.360. The van der Waals surface area contributed by atoms with Crippen LogP contribution in [-0.4, -0.2) is 56.8 Å². The summed E-state index contributed by atoms with van der Waals surface area (Å²) in [4.78, 5) is 39.2. The Bertz CT molecular complexity index is 1240. The molecule has 0 fully saturated rings. The van der Waals surface area contributed by atoms with Crippen LogP contribution in [-0.2, 0) is 27.4 Å². The van der Waals surface area contributed by atoms with Gasteiger partial charge in [0.25, 0.3) is 5.91 Å². The normalized spacial score (nSPS) is 15.1. The average molecular weight is 519 g/mol. The Labute approximate surface area is 212 Å². The van der Waals surface area contributed by atoms with Crippen molar-refractivity contribution in [3.63, 3.8) is 0 Å². The van der Waals surface area contributed by atoms with E-state index in [4.69, 9.17) is 18.9 Å². The van der Waals surface area contributed by atoms with Crippen molar-refractivity contribution in [1.82, 2.24) is 9.88 Å². The number of allylic oxidation sites excluding steroid dienone is 3. The highest BCUT2D eigenvalue weighted by atomic mass is 19.1. The summed E-state index contributed by atoms with van der Waals surface area (Å²) in [6.45, 7) is -0.417. The van der Waals surface area contributed by atoms with Gasteiger partial charge in [-0.1, -0.05) is 36.4 Å². The fraction of sp³-hybridized carbons (Fsp3) is 0.346. The number of amides is 1. The van der Waals surface area contributed by atoms with E-state index in [9.17, 15) is 23.2 Å². The van der Waals surface area contributed by atoms with E-state index in [0.29, 0.717) is 5.56 Å². The minimum atomic E-state index is -1.60. The van der Waals surface area contributed by atoms with Crippen LogP contribution < -0.4 is 15.5 Å². The SMILES string of the molecule is COC(=O)c1c(OCc2ccccc2)c(=O)c(C(=O)NCC2=CC=C(F)CC2F)cn1CC(OC)OC. The third-order valence-electron chi connectivity index (χ3n) is 5.67. The third kappa shape index (κ3) is 6.89. The standard InChI is InChI=1S/C26H28F2N2O7/c1-34-21(35-2)14-30-13-19(25(32)29-12-17-9-10-18(27)11-20(17)28)23(31)24(22(30)26(33)36-3)37-15-16-7-5-4-6-8-16/h4-10,13,20-21H,11-12,14-15H2,1-3H3,(H,29,32). The number of halogens is 2. The zero-order chi connectivity index (χ0) is 26.9. The summed E-state index contributed by atoms with van der Waals surface area (Å²) in [5.74, 6) is -2.72. The smallest absolute Gasteiger partial charge is 0.358 e. The van der Waals surface area contributed by atoms with Gasteiger partial charge in [-0.05, 0) is 17.2 Å². The summed E-state index contributed by atoms with van der Waals surface area (Å²) in [6, 6.07) is 8.90. The molecule has 1 aliphatic carbocycles. The summed E-state index contributed by atoms with van der Waals surface area (Å²) in [7, 11) is 3.92. The molecule has 1 atom stereocenters. The minimum Gasteiger partial charge on any atom is -0.482 e. The Balaban J connectivity index is 2.02. The zero-order valence-electron chi connectivity index (χ0n) is 20.7. The van der Waals surface area contributed by atoms with Gasteiger partial charge in [0.15, 0.2) is 17.7 Å². The van der Waals surface area contributed by atoms with Crippen LogP contribution in [0.4, 0.5) is 8.78 Å². The Hall–Kier alpha value is -3.83. The first kappa shape index (κ1) is 27.8. The van der Waals surface area contributed by atoms with Gasteiger partial charge in [-0.3, -0.25) is 9.59 Å². The molecule has 11 heteroatoms. The monoisotopic (exact) mass is 518 g/mol. The second-order valence-electron chi connectivity index (χ2n) is 8.08. The highest BCUT2D eigenvalue weighted by Crippen LogP contribution is 2.23. The van der Waals surface area contributed by atoms with Gasteiger partial charge in [0, 0.05) is 33.4 Å². The maximum atomic E-state index is 14.2. The molecule has 0 radical (unpaired) electrons. The Morgan fingerprint density at radius 2 is 1.84 bits per heavy atom. The van der Waals surface area contributed by atoms with E-state index in [1.165, 1.54) is 24.9 Å². The molecule has 3 rings (SSSR count). The van der Waals surface area contributed by atoms with Gasteiger partial charge in [0.1, 0.15) is 24.2 Å². The lowest BCUT2D eigenvalue weighted by molar-refractivity contribution is -0.111. The number of ether oxygens (including phenoxy) is 4. The van der Waals surface area contributed by atoms with Crippen LogP contribution >= 0.6 is 0 Å². The number of nitrogens with zero attached hydrogens (tertiary/aromatic N) is 1. The third-order valence-corrected chi connectivity index (χ3v) is 5.67. The van der Waals surface area contributed by atoms with Gasteiger partial charge >= 0.3 is 5.97 Å². The van der Waals surface area contributed by atoms with Crippen LogP contribution in [0.1, 0.15) is 32.8 Å². The van der Waals surface area contributed by atoms with Crippen LogP contribution in [0.5, 0.6) is 5.75 Å². The highest BCUT2D eigenvalue weighted by Gasteiger charge is 2.28. The first-order chi connectivity index (χ1) is 17.8. The number of benzene rings is 1. The second-order valence-corrected chi connectivity index (χ2v) is 8.08. The predicted octanol–water partition coefficient (Wildman–Crippen LogP) is 3.08. The molecule has 1 N–H and O–H groups in total. The van der Waals surface area contributed by atoms with Crippen molar-refractivity contribution in [3.05, 3.63) is 87.1 Å². The van der Waals surface area contributed by atoms with E-state index in [2.05, 4.69) is 5.32 Å². The van der Waals surface area contributed by atoms with Crippen molar-refractivity contribution in [3.8, 4) is 5.75 Å². The van der Waals surface area contributed by atoms with Crippen LogP contribution in [0.2, 0.25) is 0 Å². The summed E-state index contributed by atoms with van der Waals surface area (Å²) in [6.07, 6.45) is 0.670. The lowest BCUT2D eigenvalue weighted by atomic mass is 10.0. The van der Waals surface area contributed by atoms with E-state index < -0.39 is 47.8 Å². The fourth-order valence-corrected chi connectivity index (χ4v) is 3.64. The maximum absolute atomic E-state index is 14.2. The molecule has 1 amide bonds.